The molecule has 2 aliphatic rings. The molecule has 1 saturated carbocycles. The minimum atomic E-state index is -0.661. The molecular weight excluding hydrogens is 455 g/mol. The molecule has 1 unspecified atom stereocenters. The Morgan fingerprint density at radius 3 is 2.82 bits per heavy atom. The number of rotatable bonds is 6. The van der Waals surface area contributed by atoms with Gasteiger partial charge in [0.05, 0.1) is 22.8 Å². The summed E-state index contributed by atoms with van der Waals surface area (Å²) in [7, 11) is 2.01. The fourth-order valence-corrected chi connectivity index (χ4v) is 5.13. The number of hydrogen-bond donors (Lipinski definition) is 1. The summed E-state index contributed by atoms with van der Waals surface area (Å²) < 4.78 is 17.2. The SMILES string of the molecule is Cn1c(-c2cc3ccc(Cl)nc3n2CC2CC2)nc2cc3c(cc21)CCN(CC(N)CF)C3=O. The maximum absolute atomic E-state index is 13.1. The van der Waals surface area contributed by atoms with Gasteiger partial charge in [0.15, 0.2) is 5.82 Å². The topological polar surface area (TPSA) is 82.0 Å². The van der Waals surface area contributed by atoms with Crippen molar-refractivity contribution >= 4 is 39.6 Å². The summed E-state index contributed by atoms with van der Waals surface area (Å²) in [6, 6.07) is 9.19. The Kier molecular flexibility index (Phi) is 5.11. The van der Waals surface area contributed by atoms with Gasteiger partial charge in [0, 0.05) is 37.6 Å². The number of alkyl halides is 1. The van der Waals surface area contributed by atoms with Crippen molar-refractivity contribution in [1.82, 2.24) is 24.0 Å². The lowest BCUT2D eigenvalue weighted by Gasteiger charge is -2.30. The number of imidazole rings is 1. The largest absolute Gasteiger partial charge is 0.337 e. The molecule has 9 heteroatoms. The third-order valence-corrected chi connectivity index (χ3v) is 7.21. The fraction of sp³-hybridized carbons (Fsp3) is 0.400. The number of aryl methyl sites for hydroxylation is 1. The molecule has 0 saturated heterocycles. The van der Waals surface area contributed by atoms with Gasteiger partial charge in [-0.2, -0.15) is 0 Å². The van der Waals surface area contributed by atoms with Crippen LogP contribution in [-0.4, -0.2) is 55.7 Å². The molecule has 4 aromatic rings. The Hall–Kier alpha value is -2.97. The molecule has 7 nitrogen and oxygen atoms in total. The van der Waals surface area contributed by atoms with E-state index in [1.807, 2.05) is 25.2 Å². The van der Waals surface area contributed by atoms with Crippen LogP contribution in [0.2, 0.25) is 5.15 Å². The van der Waals surface area contributed by atoms with E-state index >= 15 is 0 Å². The highest BCUT2D eigenvalue weighted by Crippen LogP contribution is 2.36. The second-order valence-electron chi connectivity index (χ2n) is 9.54. The third kappa shape index (κ3) is 3.56. The lowest BCUT2D eigenvalue weighted by molar-refractivity contribution is 0.0725. The molecule has 0 radical (unpaired) electrons. The van der Waals surface area contributed by atoms with Crippen molar-refractivity contribution in [2.75, 3.05) is 19.8 Å². The standard InChI is InChI=1S/C25H26ClFN6O/c1-31-20-8-15-6-7-32(13-17(28)11-27)25(34)18(15)10-19(20)29-24(31)21-9-16-4-5-22(26)30-23(16)33(21)12-14-2-3-14/h4-5,8-10,14,17H,2-3,6-7,11-13,28H2,1H3. The molecule has 176 valence electrons. The molecule has 1 aliphatic carbocycles. The average Bonchev–Trinajstić information content (AvgIpc) is 3.51. The summed E-state index contributed by atoms with van der Waals surface area (Å²) in [4.78, 5) is 24.3. The van der Waals surface area contributed by atoms with Gasteiger partial charge in [-0.05, 0) is 61.1 Å². The molecule has 34 heavy (non-hydrogen) atoms. The normalized spacial score (nSPS) is 17.1. The van der Waals surface area contributed by atoms with Gasteiger partial charge >= 0.3 is 0 Å². The van der Waals surface area contributed by atoms with E-state index in [0.29, 0.717) is 29.6 Å². The molecule has 1 fully saturated rings. The van der Waals surface area contributed by atoms with Crippen molar-refractivity contribution in [2.24, 2.45) is 18.7 Å². The molecule has 1 aromatic carbocycles. The third-order valence-electron chi connectivity index (χ3n) is 7.00. The summed E-state index contributed by atoms with van der Waals surface area (Å²) in [6.45, 7) is 0.997. The first-order chi connectivity index (χ1) is 16.4. The zero-order valence-electron chi connectivity index (χ0n) is 19.0. The molecule has 1 atom stereocenters. The van der Waals surface area contributed by atoms with E-state index in [9.17, 15) is 9.18 Å². The van der Waals surface area contributed by atoms with Crippen LogP contribution in [0.15, 0.2) is 30.3 Å². The number of amides is 1. The molecule has 3 aromatic heterocycles. The smallest absolute Gasteiger partial charge is 0.254 e. The van der Waals surface area contributed by atoms with E-state index in [4.69, 9.17) is 22.3 Å². The van der Waals surface area contributed by atoms with Gasteiger partial charge < -0.3 is 19.8 Å². The quantitative estimate of drug-likeness (QED) is 0.424. The predicted octanol–water partition coefficient (Wildman–Crippen LogP) is 3.95. The summed E-state index contributed by atoms with van der Waals surface area (Å²) >= 11 is 6.22. The number of carbonyl (C=O) groups excluding carboxylic acids is 1. The van der Waals surface area contributed by atoms with Crippen LogP contribution in [0.1, 0.15) is 28.8 Å². The van der Waals surface area contributed by atoms with Crippen LogP contribution >= 0.6 is 11.6 Å². The number of hydrogen-bond acceptors (Lipinski definition) is 4. The number of aromatic nitrogens is 4. The Bertz CT molecular complexity index is 1440. The van der Waals surface area contributed by atoms with E-state index < -0.39 is 12.7 Å². The van der Waals surface area contributed by atoms with Crippen molar-refractivity contribution in [3.8, 4) is 11.5 Å². The molecular formula is C25H26ClFN6O. The number of carbonyl (C=O) groups is 1. The van der Waals surface area contributed by atoms with E-state index in [1.165, 1.54) is 12.8 Å². The number of benzene rings is 1. The van der Waals surface area contributed by atoms with Crippen molar-refractivity contribution in [3.05, 3.63) is 46.6 Å². The number of nitrogens with two attached hydrogens (primary N) is 1. The average molecular weight is 481 g/mol. The van der Waals surface area contributed by atoms with Crippen LogP contribution in [0.25, 0.3) is 33.6 Å². The molecule has 2 N–H and O–H groups in total. The fourth-order valence-electron chi connectivity index (χ4n) is 4.98. The summed E-state index contributed by atoms with van der Waals surface area (Å²) in [5.74, 6) is 1.37. The zero-order valence-corrected chi connectivity index (χ0v) is 19.7. The first kappa shape index (κ1) is 21.6. The van der Waals surface area contributed by atoms with E-state index in [2.05, 4.69) is 26.3 Å². The van der Waals surface area contributed by atoms with Crippen LogP contribution in [0.5, 0.6) is 0 Å². The van der Waals surface area contributed by atoms with E-state index in [0.717, 1.165) is 45.7 Å². The number of nitrogens with zero attached hydrogens (tertiary/aromatic N) is 5. The second-order valence-corrected chi connectivity index (χ2v) is 9.93. The summed E-state index contributed by atoms with van der Waals surface area (Å²) in [6.07, 6.45) is 3.15. The highest BCUT2D eigenvalue weighted by atomic mass is 35.5. The molecule has 1 amide bonds. The summed E-state index contributed by atoms with van der Waals surface area (Å²) in [5, 5.41) is 1.50. The van der Waals surface area contributed by atoms with Crippen molar-refractivity contribution in [3.63, 3.8) is 0 Å². The van der Waals surface area contributed by atoms with Gasteiger partial charge in [0.2, 0.25) is 0 Å². The molecule has 0 spiro atoms. The highest BCUT2D eigenvalue weighted by Gasteiger charge is 2.29. The van der Waals surface area contributed by atoms with Gasteiger partial charge in [0.25, 0.3) is 5.91 Å². The van der Waals surface area contributed by atoms with Crippen molar-refractivity contribution in [2.45, 2.75) is 31.8 Å². The van der Waals surface area contributed by atoms with Gasteiger partial charge in [-0.15, -0.1) is 0 Å². The van der Waals surface area contributed by atoms with Crippen molar-refractivity contribution < 1.29 is 9.18 Å². The van der Waals surface area contributed by atoms with E-state index in [-0.39, 0.29) is 12.5 Å². The van der Waals surface area contributed by atoms with Crippen LogP contribution < -0.4 is 5.73 Å². The Morgan fingerprint density at radius 1 is 1.24 bits per heavy atom. The maximum atomic E-state index is 13.1. The van der Waals surface area contributed by atoms with E-state index in [1.54, 1.807) is 4.90 Å². The maximum Gasteiger partial charge on any atom is 0.254 e. The van der Waals surface area contributed by atoms with Gasteiger partial charge in [0.1, 0.15) is 17.5 Å². The van der Waals surface area contributed by atoms with Crippen LogP contribution in [-0.2, 0) is 20.0 Å². The number of halogens is 2. The minimum absolute atomic E-state index is 0.110. The Morgan fingerprint density at radius 2 is 2.06 bits per heavy atom. The van der Waals surface area contributed by atoms with Gasteiger partial charge in [-0.1, -0.05) is 11.6 Å². The minimum Gasteiger partial charge on any atom is -0.337 e. The lowest BCUT2D eigenvalue weighted by atomic mass is 9.97. The number of pyridine rings is 1. The lowest BCUT2D eigenvalue weighted by Crippen LogP contribution is -2.45. The second kappa shape index (κ2) is 8.06. The molecule has 6 rings (SSSR count). The van der Waals surface area contributed by atoms with Gasteiger partial charge in [-0.3, -0.25) is 4.79 Å². The Balaban J connectivity index is 1.46. The van der Waals surface area contributed by atoms with Crippen LogP contribution in [0, 0.1) is 5.92 Å². The predicted molar refractivity (Wildman–Crippen MR) is 131 cm³/mol. The Labute approximate surface area is 201 Å². The number of fused-ring (bicyclic) bond motifs is 3. The first-order valence-corrected chi connectivity index (χ1v) is 12.1. The molecule has 4 heterocycles. The molecule has 0 bridgehead atoms. The molecule has 1 aliphatic heterocycles. The van der Waals surface area contributed by atoms with Crippen LogP contribution in [0.4, 0.5) is 4.39 Å². The van der Waals surface area contributed by atoms with Gasteiger partial charge in [-0.25, -0.2) is 14.4 Å². The first-order valence-electron chi connectivity index (χ1n) is 11.7. The van der Waals surface area contributed by atoms with Crippen LogP contribution in [0.3, 0.4) is 0 Å². The highest BCUT2D eigenvalue weighted by molar-refractivity contribution is 6.29. The zero-order chi connectivity index (χ0) is 23.6. The monoisotopic (exact) mass is 480 g/mol. The summed E-state index contributed by atoms with van der Waals surface area (Å²) in [5.41, 5.74) is 11.0. The van der Waals surface area contributed by atoms with Crippen molar-refractivity contribution in [1.29, 1.82) is 0 Å².